The summed E-state index contributed by atoms with van der Waals surface area (Å²) in [6.45, 7) is 5.38. The summed E-state index contributed by atoms with van der Waals surface area (Å²) in [5, 5.41) is 3.53. The first-order valence-corrected chi connectivity index (χ1v) is 7.80. The SMILES string of the molecule is CCC1CCCN(C(=O)CCC2CCCCN2)C1. The minimum absolute atomic E-state index is 0.389. The second-order valence-electron chi connectivity index (χ2n) is 5.94. The number of piperidine rings is 2. The van der Waals surface area contributed by atoms with Crippen molar-refractivity contribution in [3.63, 3.8) is 0 Å². The van der Waals surface area contributed by atoms with E-state index in [1.807, 2.05) is 0 Å². The smallest absolute Gasteiger partial charge is 0.222 e. The Hall–Kier alpha value is -0.570. The molecule has 2 saturated heterocycles. The lowest BCUT2D eigenvalue weighted by Gasteiger charge is -2.33. The fraction of sp³-hybridized carbons (Fsp3) is 0.933. The number of hydrogen-bond donors (Lipinski definition) is 1. The molecule has 0 aliphatic carbocycles. The molecule has 0 spiro atoms. The third-order valence-electron chi connectivity index (χ3n) is 4.57. The van der Waals surface area contributed by atoms with Gasteiger partial charge in [-0.1, -0.05) is 19.8 Å². The fourth-order valence-corrected chi connectivity index (χ4v) is 3.25. The molecular weight excluding hydrogens is 224 g/mol. The first kappa shape index (κ1) is 13.9. The predicted molar refractivity (Wildman–Crippen MR) is 74.5 cm³/mol. The van der Waals surface area contributed by atoms with E-state index in [-0.39, 0.29) is 0 Å². The first-order valence-electron chi connectivity index (χ1n) is 7.80. The van der Waals surface area contributed by atoms with Crippen molar-refractivity contribution in [1.82, 2.24) is 10.2 Å². The zero-order valence-electron chi connectivity index (χ0n) is 11.8. The molecule has 1 N–H and O–H groups in total. The summed E-state index contributed by atoms with van der Waals surface area (Å²) < 4.78 is 0. The molecule has 0 bridgehead atoms. The molecule has 2 aliphatic heterocycles. The van der Waals surface area contributed by atoms with Crippen LogP contribution in [0, 0.1) is 5.92 Å². The maximum absolute atomic E-state index is 12.2. The average Bonchev–Trinajstić information content (AvgIpc) is 2.46. The summed E-state index contributed by atoms with van der Waals surface area (Å²) in [6.07, 6.45) is 9.39. The van der Waals surface area contributed by atoms with Gasteiger partial charge in [0, 0.05) is 25.6 Å². The van der Waals surface area contributed by atoms with Crippen LogP contribution in [0.5, 0.6) is 0 Å². The lowest BCUT2D eigenvalue weighted by atomic mass is 9.95. The summed E-state index contributed by atoms with van der Waals surface area (Å²) in [5.41, 5.74) is 0. The van der Waals surface area contributed by atoms with Crippen molar-refractivity contribution in [2.75, 3.05) is 19.6 Å². The summed E-state index contributed by atoms with van der Waals surface area (Å²) >= 11 is 0. The number of hydrogen-bond acceptors (Lipinski definition) is 2. The number of amides is 1. The van der Waals surface area contributed by atoms with Crippen molar-refractivity contribution in [3.8, 4) is 0 Å². The van der Waals surface area contributed by atoms with Gasteiger partial charge in [-0.15, -0.1) is 0 Å². The molecule has 2 heterocycles. The lowest BCUT2D eigenvalue weighted by Crippen LogP contribution is -2.41. The van der Waals surface area contributed by atoms with Crippen LogP contribution < -0.4 is 5.32 Å². The second kappa shape index (κ2) is 7.13. The predicted octanol–water partition coefficient (Wildman–Crippen LogP) is 2.56. The van der Waals surface area contributed by atoms with Crippen LogP contribution in [0.1, 0.15) is 58.3 Å². The maximum atomic E-state index is 12.2. The van der Waals surface area contributed by atoms with Crippen LogP contribution in [-0.2, 0) is 4.79 Å². The Kier molecular flexibility index (Phi) is 5.48. The van der Waals surface area contributed by atoms with Crippen molar-refractivity contribution in [2.24, 2.45) is 5.92 Å². The molecule has 2 fully saturated rings. The van der Waals surface area contributed by atoms with Gasteiger partial charge in [-0.25, -0.2) is 0 Å². The van der Waals surface area contributed by atoms with Gasteiger partial charge >= 0.3 is 0 Å². The van der Waals surface area contributed by atoms with Gasteiger partial charge < -0.3 is 10.2 Å². The number of nitrogens with zero attached hydrogens (tertiary/aromatic N) is 1. The molecule has 3 heteroatoms. The van der Waals surface area contributed by atoms with E-state index in [9.17, 15) is 4.79 Å². The second-order valence-corrected chi connectivity index (χ2v) is 5.94. The molecule has 104 valence electrons. The van der Waals surface area contributed by atoms with Crippen LogP contribution >= 0.6 is 0 Å². The molecule has 0 saturated carbocycles. The molecule has 0 aromatic heterocycles. The van der Waals surface area contributed by atoms with Gasteiger partial charge in [0.25, 0.3) is 0 Å². The van der Waals surface area contributed by atoms with Crippen LogP contribution in [0.3, 0.4) is 0 Å². The van der Waals surface area contributed by atoms with Crippen LogP contribution in [0.4, 0.5) is 0 Å². The highest BCUT2D eigenvalue weighted by atomic mass is 16.2. The first-order chi connectivity index (χ1) is 8.79. The van der Waals surface area contributed by atoms with Crippen molar-refractivity contribution in [1.29, 1.82) is 0 Å². The normalized spacial score (nSPS) is 29.3. The Morgan fingerprint density at radius 2 is 2.17 bits per heavy atom. The highest BCUT2D eigenvalue weighted by Crippen LogP contribution is 2.20. The van der Waals surface area contributed by atoms with E-state index in [1.165, 1.54) is 38.5 Å². The topological polar surface area (TPSA) is 32.3 Å². The maximum Gasteiger partial charge on any atom is 0.222 e. The number of nitrogens with one attached hydrogen (secondary N) is 1. The van der Waals surface area contributed by atoms with E-state index in [0.29, 0.717) is 11.9 Å². The van der Waals surface area contributed by atoms with Crippen molar-refractivity contribution in [2.45, 2.75) is 64.3 Å². The van der Waals surface area contributed by atoms with Crippen molar-refractivity contribution >= 4 is 5.91 Å². The van der Waals surface area contributed by atoms with E-state index in [0.717, 1.165) is 38.4 Å². The Bertz CT molecular complexity index is 261. The quantitative estimate of drug-likeness (QED) is 0.834. The van der Waals surface area contributed by atoms with E-state index < -0.39 is 0 Å². The Labute approximate surface area is 111 Å². The summed E-state index contributed by atoms with van der Waals surface area (Å²) in [7, 11) is 0. The minimum atomic E-state index is 0.389. The molecule has 0 radical (unpaired) electrons. The Morgan fingerprint density at radius 1 is 1.28 bits per heavy atom. The highest BCUT2D eigenvalue weighted by molar-refractivity contribution is 5.76. The van der Waals surface area contributed by atoms with Gasteiger partial charge in [0.2, 0.25) is 5.91 Å². The van der Waals surface area contributed by atoms with Crippen molar-refractivity contribution < 1.29 is 4.79 Å². The van der Waals surface area contributed by atoms with E-state index in [1.54, 1.807) is 0 Å². The molecule has 18 heavy (non-hydrogen) atoms. The van der Waals surface area contributed by atoms with Gasteiger partial charge in [-0.05, 0) is 44.6 Å². The molecule has 0 aromatic rings. The van der Waals surface area contributed by atoms with Gasteiger partial charge in [0.1, 0.15) is 0 Å². The lowest BCUT2D eigenvalue weighted by molar-refractivity contribution is -0.133. The number of carbonyl (C=O) groups is 1. The number of likely N-dealkylation sites (tertiary alicyclic amines) is 1. The van der Waals surface area contributed by atoms with E-state index >= 15 is 0 Å². The van der Waals surface area contributed by atoms with Crippen LogP contribution in [0.2, 0.25) is 0 Å². The van der Waals surface area contributed by atoms with Crippen LogP contribution in [0.15, 0.2) is 0 Å². The summed E-state index contributed by atoms with van der Waals surface area (Å²) in [4.78, 5) is 14.3. The molecule has 2 unspecified atom stereocenters. The third-order valence-corrected chi connectivity index (χ3v) is 4.57. The minimum Gasteiger partial charge on any atom is -0.342 e. The average molecular weight is 252 g/mol. The third kappa shape index (κ3) is 3.98. The molecule has 0 aromatic carbocycles. The number of carbonyl (C=O) groups excluding carboxylic acids is 1. The summed E-state index contributed by atoms with van der Waals surface area (Å²) in [5.74, 6) is 1.14. The number of rotatable bonds is 4. The van der Waals surface area contributed by atoms with Gasteiger partial charge in [0.15, 0.2) is 0 Å². The van der Waals surface area contributed by atoms with E-state index in [4.69, 9.17) is 0 Å². The largest absolute Gasteiger partial charge is 0.342 e. The van der Waals surface area contributed by atoms with Crippen LogP contribution in [0.25, 0.3) is 0 Å². The van der Waals surface area contributed by atoms with Gasteiger partial charge in [-0.2, -0.15) is 0 Å². The van der Waals surface area contributed by atoms with Gasteiger partial charge in [0.05, 0.1) is 0 Å². The zero-order valence-corrected chi connectivity index (χ0v) is 11.8. The monoisotopic (exact) mass is 252 g/mol. The fourth-order valence-electron chi connectivity index (χ4n) is 3.25. The summed E-state index contributed by atoms with van der Waals surface area (Å²) in [6, 6.07) is 0.592. The van der Waals surface area contributed by atoms with E-state index in [2.05, 4.69) is 17.1 Å². The highest BCUT2D eigenvalue weighted by Gasteiger charge is 2.23. The molecule has 2 rings (SSSR count). The Morgan fingerprint density at radius 3 is 2.89 bits per heavy atom. The van der Waals surface area contributed by atoms with Gasteiger partial charge in [-0.3, -0.25) is 4.79 Å². The Balaban J connectivity index is 1.70. The van der Waals surface area contributed by atoms with Crippen LogP contribution in [-0.4, -0.2) is 36.5 Å². The molecule has 3 nitrogen and oxygen atoms in total. The van der Waals surface area contributed by atoms with Crippen molar-refractivity contribution in [3.05, 3.63) is 0 Å². The molecule has 2 atom stereocenters. The zero-order chi connectivity index (χ0) is 12.8. The molecule has 1 amide bonds. The standard InChI is InChI=1S/C15H28N2O/c1-2-13-6-5-11-17(12-13)15(18)9-8-14-7-3-4-10-16-14/h13-14,16H,2-12H2,1H3. The molecule has 2 aliphatic rings. The molecular formula is C15H28N2O.